The minimum absolute atomic E-state index is 0.0921. The van der Waals surface area contributed by atoms with Gasteiger partial charge in [-0.2, -0.15) is 0 Å². The average Bonchev–Trinajstić information content (AvgIpc) is 2.68. The molecular weight excluding hydrogens is 374 g/mol. The van der Waals surface area contributed by atoms with E-state index in [4.69, 9.17) is 21.1 Å². The Morgan fingerprint density at radius 3 is 2.63 bits per heavy atom. The first-order valence-electron chi connectivity index (χ1n) is 8.25. The average molecular weight is 392 g/mol. The van der Waals surface area contributed by atoms with E-state index in [0.717, 1.165) is 18.8 Å². The predicted octanol–water partition coefficient (Wildman–Crippen LogP) is 3.35. The number of nitro benzene ring substituents is 1. The van der Waals surface area contributed by atoms with Gasteiger partial charge in [-0.3, -0.25) is 14.9 Å². The van der Waals surface area contributed by atoms with Crippen LogP contribution in [0.2, 0.25) is 5.02 Å². The molecule has 1 N–H and O–H groups in total. The third-order valence-electron chi connectivity index (χ3n) is 4.20. The molecule has 0 unspecified atom stereocenters. The number of nitro groups is 1. The molecule has 142 valence electrons. The maximum absolute atomic E-state index is 12.4. The van der Waals surface area contributed by atoms with Crippen LogP contribution >= 0.6 is 11.6 Å². The van der Waals surface area contributed by atoms with Gasteiger partial charge in [-0.1, -0.05) is 11.6 Å². The fourth-order valence-electron chi connectivity index (χ4n) is 2.82. The number of halogens is 1. The lowest BCUT2D eigenvalue weighted by molar-refractivity contribution is -0.385. The smallest absolute Gasteiger partial charge is 0.311 e. The van der Waals surface area contributed by atoms with Crippen molar-refractivity contribution in [1.29, 1.82) is 0 Å². The second kappa shape index (κ2) is 8.24. The number of benzene rings is 2. The molecule has 0 aromatic heterocycles. The molecule has 1 heterocycles. The lowest BCUT2D eigenvalue weighted by Crippen LogP contribution is -2.36. The third-order valence-corrected chi connectivity index (χ3v) is 4.50. The molecule has 1 amide bonds. The van der Waals surface area contributed by atoms with Gasteiger partial charge < -0.3 is 19.7 Å². The summed E-state index contributed by atoms with van der Waals surface area (Å²) in [7, 11) is 1.33. The van der Waals surface area contributed by atoms with E-state index in [1.165, 1.54) is 25.3 Å². The van der Waals surface area contributed by atoms with E-state index in [1.54, 1.807) is 12.1 Å². The number of hydrogen-bond acceptors (Lipinski definition) is 6. The molecule has 2 aromatic rings. The van der Waals surface area contributed by atoms with Crippen molar-refractivity contribution in [3.8, 4) is 5.75 Å². The molecule has 8 nitrogen and oxygen atoms in total. The maximum Gasteiger partial charge on any atom is 0.311 e. The van der Waals surface area contributed by atoms with E-state index in [2.05, 4.69) is 10.2 Å². The Hall–Kier alpha value is -2.84. The molecular formula is C18H18ClN3O5. The van der Waals surface area contributed by atoms with Crippen LogP contribution in [-0.4, -0.2) is 44.2 Å². The van der Waals surface area contributed by atoms with Crippen molar-refractivity contribution >= 4 is 34.6 Å². The molecule has 0 aliphatic carbocycles. The lowest BCUT2D eigenvalue weighted by atomic mass is 10.1. The highest BCUT2D eigenvalue weighted by Crippen LogP contribution is 2.31. The SMILES string of the molecule is COc1ccc(C(=O)Nc2ccc(N3CCOCC3)c(Cl)c2)cc1[N+](=O)[O-]. The Bertz CT molecular complexity index is 868. The van der Waals surface area contributed by atoms with Crippen LogP contribution in [0.3, 0.4) is 0 Å². The van der Waals surface area contributed by atoms with Crippen molar-refractivity contribution in [1.82, 2.24) is 0 Å². The number of morpholine rings is 1. The summed E-state index contributed by atoms with van der Waals surface area (Å²) in [5.41, 5.74) is 1.25. The first-order valence-corrected chi connectivity index (χ1v) is 8.63. The van der Waals surface area contributed by atoms with Crippen LogP contribution in [0, 0.1) is 10.1 Å². The lowest BCUT2D eigenvalue weighted by Gasteiger charge is -2.29. The number of amides is 1. The number of methoxy groups -OCH3 is 1. The largest absolute Gasteiger partial charge is 0.490 e. The van der Waals surface area contributed by atoms with Gasteiger partial charge in [0.05, 0.1) is 36.0 Å². The predicted molar refractivity (Wildman–Crippen MR) is 102 cm³/mol. The Kier molecular flexibility index (Phi) is 5.78. The van der Waals surface area contributed by atoms with Crippen LogP contribution < -0.4 is 15.0 Å². The molecule has 0 saturated carbocycles. The second-order valence-corrected chi connectivity index (χ2v) is 6.27. The summed E-state index contributed by atoms with van der Waals surface area (Å²) >= 11 is 6.36. The van der Waals surface area contributed by atoms with Gasteiger partial charge in [-0.15, -0.1) is 0 Å². The highest BCUT2D eigenvalue weighted by Gasteiger charge is 2.19. The molecule has 0 spiro atoms. The summed E-state index contributed by atoms with van der Waals surface area (Å²) < 4.78 is 10.3. The van der Waals surface area contributed by atoms with Crippen LogP contribution in [0.4, 0.5) is 17.1 Å². The van der Waals surface area contributed by atoms with Crippen molar-refractivity contribution in [2.24, 2.45) is 0 Å². The fourth-order valence-corrected chi connectivity index (χ4v) is 3.12. The maximum atomic E-state index is 12.4. The molecule has 1 fully saturated rings. The van der Waals surface area contributed by atoms with Crippen molar-refractivity contribution < 1.29 is 19.2 Å². The van der Waals surface area contributed by atoms with Crippen LogP contribution in [-0.2, 0) is 4.74 Å². The number of carbonyl (C=O) groups is 1. The summed E-state index contributed by atoms with van der Waals surface area (Å²) in [6.45, 7) is 2.79. The van der Waals surface area contributed by atoms with E-state index in [9.17, 15) is 14.9 Å². The summed E-state index contributed by atoms with van der Waals surface area (Å²) in [4.78, 5) is 25.1. The summed E-state index contributed by atoms with van der Waals surface area (Å²) in [6.07, 6.45) is 0. The van der Waals surface area contributed by atoms with Crippen LogP contribution in [0.1, 0.15) is 10.4 Å². The Morgan fingerprint density at radius 2 is 2.00 bits per heavy atom. The number of carbonyl (C=O) groups excluding carboxylic acids is 1. The number of nitrogens with one attached hydrogen (secondary N) is 1. The number of anilines is 2. The number of rotatable bonds is 5. The van der Waals surface area contributed by atoms with Crippen LogP contribution in [0.15, 0.2) is 36.4 Å². The van der Waals surface area contributed by atoms with Gasteiger partial charge >= 0.3 is 5.69 Å². The fraction of sp³-hybridized carbons (Fsp3) is 0.278. The van der Waals surface area contributed by atoms with Crippen LogP contribution in [0.5, 0.6) is 5.75 Å². The van der Waals surface area contributed by atoms with Crippen molar-refractivity contribution in [3.05, 3.63) is 57.1 Å². The summed E-state index contributed by atoms with van der Waals surface area (Å²) in [6, 6.07) is 9.26. The highest BCUT2D eigenvalue weighted by molar-refractivity contribution is 6.33. The van der Waals surface area contributed by atoms with Gasteiger partial charge in [0.15, 0.2) is 5.75 Å². The quantitative estimate of drug-likeness (QED) is 0.620. The van der Waals surface area contributed by atoms with Crippen molar-refractivity contribution in [3.63, 3.8) is 0 Å². The normalized spacial score (nSPS) is 13.9. The molecule has 9 heteroatoms. The Morgan fingerprint density at radius 1 is 1.26 bits per heavy atom. The molecule has 0 radical (unpaired) electrons. The molecule has 1 aliphatic heterocycles. The number of nitrogens with zero attached hydrogens (tertiary/aromatic N) is 2. The Labute approximate surface area is 160 Å². The van der Waals surface area contributed by atoms with Crippen molar-refractivity contribution in [2.45, 2.75) is 0 Å². The first-order chi connectivity index (χ1) is 13.0. The monoisotopic (exact) mass is 391 g/mol. The zero-order valence-electron chi connectivity index (χ0n) is 14.6. The second-order valence-electron chi connectivity index (χ2n) is 5.86. The van der Waals surface area contributed by atoms with Gasteiger partial charge in [0.25, 0.3) is 5.91 Å². The van der Waals surface area contributed by atoms with E-state index in [0.29, 0.717) is 23.9 Å². The Balaban J connectivity index is 1.77. The zero-order valence-corrected chi connectivity index (χ0v) is 15.4. The standard InChI is InChI=1S/C18H18ClN3O5/c1-26-17-5-2-12(10-16(17)22(24)25)18(23)20-13-3-4-15(14(19)11-13)21-6-8-27-9-7-21/h2-5,10-11H,6-9H2,1H3,(H,20,23). The van der Waals surface area contributed by atoms with Crippen LogP contribution in [0.25, 0.3) is 0 Å². The molecule has 0 bridgehead atoms. The summed E-state index contributed by atoms with van der Waals surface area (Å²) in [5.74, 6) is -0.384. The van der Waals surface area contributed by atoms with E-state index < -0.39 is 10.8 Å². The van der Waals surface area contributed by atoms with Crippen molar-refractivity contribution in [2.75, 3.05) is 43.6 Å². The summed E-state index contributed by atoms with van der Waals surface area (Å²) in [5, 5.41) is 14.3. The highest BCUT2D eigenvalue weighted by atomic mass is 35.5. The third kappa shape index (κ3) is 4.29. The van der Waals surface area contributed by atoms with E-state index in [1.807, 2.05) is 6.07 Å². The van der Waals surface area contributed by atoms with Gasteiger partial charge in [0, 0.05) is 30.4 Å². The first kappa shape index (κ1) is 18.9. The van der Waals surface area contributed by atoms with Gasteiger partial charge in [0.1, 0.15) is 0 Å². The van der Waals surface area contributed by atoms with Gasteiger partial charge in [0.2, 0.25) is 0 Å². The number of ether oxygens (including phenoxy) is 2. The minimum atomic E-state index is -0.594. The molecule has 3 rings (SSSR count). The number of hydrogen-bond donors (Lipinski definition) is 1. The minimum Gasteiger partial charge on any atom is -0.490 e. The molecule has 1 aliphatic rings. The van der Waals surface area contributed by atoms with Gasteiger partial charge in [-0.05, 0) is 30.3 Å². The van der Waals surface area contributed by atoms with E-state index in [-0.39, 0.29) is 17.0 Å². The molecule has 0 atom stereocenters. The van der Waals surface area contributed by atoms with E-state index >= 15 is 0 Å². The molecule has 2 aromatic carbocycles. The van der Waals surface area contributed by atoms with Gasteiger partial charge in [-0.25, -0.2) is 0 Å². The molecule has 1 saturated heterocycles. The molecule has 27 heavy (non-hydrogen) atoms. The topological polar surface area (TPSA) is 93.9 Å². The zero-order chi connectivity index (χ0) is 19.4.